The number of aromatic nitrogens is 3. The highest BCUT2D eigenvalue weighted by atomic mass is 32.1. The van der Waals surface area contributed by atoms with Crippen molar-refractivity contribution in [2.24, 2.45) is 0 Å². The van der Waals surface area contributed by atoms with Crippen LogP contribution in [0.3, 0.4) is 0 Å². The molecule has 4 heterocycles. The van der Waals surface area contributed by atoms with Crippen LogP contribution in [-0.4, -0.2) is 15.0 Å². The predicted molar refractivity (Wildman–Crippen MR) is 232 cm³/mol. The zero-order chi connectivity index (χ0) is 36.0. The molecule has 55 heavy (non-hydrogen) atoms. The minimum absolute atomic E-state index is 0.602. The summed E-state index contributed by atoms with van der Waals surface area (Å²) in [4.78, 5) is 16.0. The summed E-state index contributed by atoms with van der Waals surface area (Å²) in [5.41, 5.74) is 6.60. The highest BCUT2D eigenvalue weighted by molar-refractivity contribution is 7.26. The first-order valence-electron chi connectivity index (χ1n) is 18.3. The third-order valence-corrected chi connectivity index (χ3v) is 13.0. The van der Waals surface area contributed by atoms with Gasteiger partial charge >= 0.3 is 0 Å². The number of hydrogen-bond acceptors (Lipinski definition) is 6. The molecule has 0 N–H and O–H groups in total. The van der Waals surface area contributed by atoms with Gasteiger partial charge < -0.3 is 4.42 Å². The molecule has 12 aromatic rings. The van der Waals surface area contributed by atoms with Crippen molar-refractivity contribution < 1.29 is 4.42 Å². The van der Waals surface area contributed by atoms with E-state index < -0.39 is 0 Å². The lowest BCUT2D eigenvalue weighted by Crippen LogP contribution is -2.01. The summed E-state index contributed by atoms with van der Waals surface area (Å²) in [5.74, 6) is 1.87. The molecular weight excluding hydrogens is 711 g/mol. The molecule has 0 fully saturated rings. The lowest BCUT2D eigenvalue weighted by molar-refractivity contribution is 0.669. The van der Waals surface area contributed by atoms with Crippen molar-refractivity contribution in [3.05, 3.63) is 164 Å². The molecule has 0 atom stereocenters. The second kappa shape index (κ2) is 11.9. The number of rotatable bonds is 4. The third-order valence-electron chi connectivity index (χ3n) is 10.7. The van der Waals surface area contributed by atoms with Crippen LogP contribution in [0.25, 0.3) is 118 Å². The summed E-state index contributed by atoms with van der Waals surface area (Å²) in [6, 6.07) is 57.9. The molecule has 0 aliphatic heterocycles. The topological polar surface area (TPSA) is 51.8 Å². The van der Waals surface area contributed by atoms with Crippen molar-refractivity contribution in [1.82, 2.24) is 15.0 Å². The molecular formula is C49H27N3OS2. The molecule has 0 spiro atoms. The van der Waals surface area contributed by atoms with Gasteiger partial charge in [-0.05, 0) is 76.5 Å². The molecule has 12 rings (SSSR count). The zero-order valence-corrected chi connectivity index (χ0v) is 30.8. The molecule has 0 bridgehead atoms. The van der Waals surface area contributed by atoms with Crippen molar-refractivity contribution in [3.63, 3.8) is 0 Å². The standard InChI is InChI=1S/C49H27N3OS2/c1-2-11-29-24-31(21-20-28(29)10-1)47-50-48(36-15-9-19-44-46(36)35-14-5-8-18-42(35)55-44)52-49(51-47)38-26-32(27-40-45(38)34-13-3-6-16-39(34)53-40)30-22-23-43-37(25-30)33-12-4-7-17-41(33)54-43/h1-27H. The number of benzene rings is 8. The van der Waals surface area contributed by atoms with Crippen LogP contribution in [-0.2, 0) is 0 Å². The fraction of sp³-hybridized carbons (Fsp3) is 0. The Bertz CT molecular complexity index is 3520. The van der Waals surface area contributed by atoms with E-state index in [1.807, 2.05) is 23.5 Å². The molecule has 0 unspecified atom stereocenters. The van der Waals surface area contributed by atoms with Crippen LogP contribution < -0.4 is 0 Å². The second-order valence-electron chi connectivity index (χ2n) is 13.9. The van der Waals surface area contributed by atoms with E-state index in [1.165, 1.54) is 40.3 Å². The molecule has 0 radical (unpaired) electrons. The summed E-state index contributed by atoms with van der Waals surface area (Å²) < 4.78 is 11.6. The van der Waals surface area contributed by atoms with E-state index in [0.29, 0.717) is 17.5 Å². The molecule has 8 aromatic carbocycles. The maximum atomic E-state index is 6.63. The first kappa shape index (κ1) is 30.7. The minimum atomic E-state index is 0.602. The fourth-order valence-electron chi connectivity index (χ4n) is 8.14. The molecule has 0 aliphatic rings. The molecule has 4 aromatic heterocycles. The molecule has 0 aliphatic carbocycles. The smallest absolute Gasteiger partial charge is 0.164 e. The van der Waals surface area contributed by atoms with Gasteiger partial charge in [0.15, 0.2) is 17.5 Å². The van der Waals surface area contributed by atoms with E-state index >= 15 is 0 Å². The summed E-state index contributed by atoms with van der Waals surface area (Å²) >= 11 is 3.62. The van der Waals surface area contributed by atoms with Gasteiger partial charge in [0.2, 0.25) is 0 Å². The van der Waals surface area contributed by atoms with E-state index in [0.717, 1.165) is 60.5 Å². The largest absolute Gasteiger partial charge is 0.456 e. The molecule has 0 amide bonds. The van der Waals surface area contributed by atoms with Crippen molar-refractivity contribution >= 4 is 95.7 Å². The predicted octanol–water partition coefficient (Wildman–Crippen LogP) is 14.3. The third kappa shape index (κ3) is 4.85. The number of fused-ring (bicyclic) bond motifs is 10. The van der Waals surface area contributed by atoms with Crippen LogP contribution in [0.2, 0.25) is 0 Å². The molecule has 6 heteroatoms. The van der Waals surface area contributed by atoms with E-state index in [9.17, 15) is 0 Å². The highest BCUT2D eigenvalue weighted by Gasteiger charge is 2.22. The fourth-order valence-corrected chi connectivity index (χ4v) is 10.4. The van der Waals surface area contributed by atoms with Gasteiger partial charge in [-0.2, -0.15) is 0 Å². The van der Waals surface area contributed by atoms with E-state index in [-0.39, 0.29) is 0 Å². The molecule has 0 saturated carbocycles. The maximum absolute atomic E-state index is 6.63. The quantitative estimate of drug-likeness (QED) is 0.180. The number of nitrogens with zero attached hydrogens (tertiary/aromatic N) is 3. The molecule has 0 saturated heterocycles. The summed E-state index contributed by atoms with van der Waals surface area (Å²) in [6.45, 7) is 0. The van der Waals surface area contributed by atoms with Gasteiger partial charge in [-0.15, -0.1) is 22.7 Å². The van der Waals surface area contributed by atoms with Crippen molar-refractivity contribution in [2.45, 2.75) is 0 Å². The number of furan rings is 1. The number of para-hydroxylation sites is 1. The lowest BCUT2D eigenvalue weighted by atomic mass is 9.97. The maximum Gasteiger partial charge on any atom is 0.164 e. The van der Waals surface area contributed by atoms with E-state index in [2.05, 4.69) is 152 Å². The van der Waals surface area contributed by atoms with Gasteiger partial charge in [-0.25, -0.2) is 15.0 Å². The number of hydrogen-bond donors (Lipinski definition) is 0. The van der Waals surface area contributed by atoms with Gasteiger partial charge in [-0.3, -0.25) is 0 Å². The van der Waals surface area contributed by atoms with E-state index in [1.54, 1.807) is 11.3 Å². The van der Waals surface area contributed by atoms with Crippen LogP contribution in [0.4, 0.5) is 0 Å². The van der Waals surface area contributed by atoms with Gasteiger partial charge in [0, 0.05) is 67.8 Å². The average molecular weight is 738 g/mol. The van der Waals surface area contributed by atoms with Gasteiger partial charge in [-0.1, -0.05) is 109 Å². The Kier molecular flexibility index (Phi) is 6.64. The normalized spacial score (nSPS) is 12.0. The Morgan fingerprint density at radius 1 is 0.345 bits per heavy atom. The zero-order valence-electron chi connectivity index (χ0n) is 29.2. The Balaban J connectivity index is 1.16. The molecule has 4 nitrogen and oxygen atoms in total. The minimum Gasteiger partial charge on any atom is -0.456 e. The Morgan fingerprint density at radius 3 is 1.89 bits per heavy atom. The van der Waals surface area contributed by atoms with Gasteiger partial charge in [0.05, 0.1) is 0 Å². The monoisotopic (exact) mass is 737 g/mol. The van der Waals surface area contributed by atoms with Crippen molar-refractivity contribution in [3.8, 4) is 45.3 Å². The van der Waals surface area contributed by atoms with E-state index in [4.69, 9.17) is 19.4 Å². The lowest BCUT2D eigenvalue weighted by Gasteiger charge is -2.12. The average Bonchev–Trinajstić information content (AvgIpc) is 3.94. The van der Waals surface area contributed by atoms with Crippen LogP contribution >= 0.6 is 22.7 Å². The van der Waals surface area contributed by atoms with Gasteiger partial charge in [0.25, 0.3) is 0 Å². The van der Waals surface area contributed by atoms with Crippen molar-refractivity contribution in [2.75, 3.05) is 0 Å². The SMILES string of the molecule is c1ccc2cc(-c3nc(-c4cc(-c5ccc6sc7ccccc7c6c5)cc5oc6ccccc6c45)nc(-c4cccc5sc6ccccc6c45)n3)ccc2c1. The van der Waals surface area contributed by atoms with Crippen LogP contribution in [0.15, 0.2) is 168 Å². The second-order valence-corrected chi connectivity index (χ2v) is 16.1. The summed E-state index contributed by atoms with van der Waals surface area (Å²) in [6.07, 6.45) is 0. The highest BCUT2D eigenvalue weighted by Crippen LogP contribution is 2.43. The van der Waals surface area contributed by atoms with Crippen LogP contribution in [0.5, 0.6) is 0 Å². The first-order valence-corrected chi connectivity index (χ1v) is 19.9. The Hall–Kier alpha value is -6.73. The summed E-state index contributed by atoms with van der Waals surface area (Å²) in [7, 11) is 0. The van der Waals surface area contributed by atoms with Crippen LogP contribution in [0.1, 0.15) is 0 Å². The Morgan fingerprint density at radius 2 is 1.00 bits per heavy atom. The molecule has 256 valence electrons. The number of thiophene rings is 2. The van der Waals surface area contributed by atoms with Crippen LogP contribution in [0, 0.1) is 0 Å². The first-order chi connectivity index (χ1) is 27.2. The summed E-state index contributed by atoms with van der Waals surface area (Å²) in [5, 5.41) is 9.21. The van der Waals surface area contributed by atoms with Crippen molar-refractivity contribution in [1.29, 1.82) is 0 Å². The van der Waals surface area contributed by atoms with Gasteiger partial charge in [0.1, 0.15) is 11.2 Å². The Labute approximate surface area is 322 Å².